The van der Waals surface area contributed by atoms with E-state index in [-0.39, 0.29) is 5.60 Å². The van der Waals surface area contributed by atoms with Crippen molar-refractivity contribution in [1.29, 1.82) is 0 Å². The molecule has 0 amide bonds. The second-order valence-corrected chi connectivity index (χ2v) is 9.39. The van der Waals surface area contributed by atoms with Gasteiger partial charge in [-0.1, -0.05) is 38.3 Å². The summed E-state index contributed by atoms with van der Waals surface area (Å²) < 4.78 is 0. The molecule has 90 valence electrons. The van der Waals surface area contributed by atoms with Gasteiger partial charge in [0.1, 0.15) is 0 Å². The zero-order valence-corrected chi connectivity index (χ0v) is 12.6. The molecule has 0 aliphatic carbocycles. The van der Waals surface area contributed by atoms with Crippen molar-refractivity contribution < 1.29 is 9.78 Å². The maximum Gasteiger partial charge on any atom is 0.311 e. The molecular formula is C12H27AlO2. The monoisotopic (exact) mass is 230 g/mol. The maximum atomic E-state index is 5.67. The second kappa shape index (κ2) is 6.91. The fourth-order valence-corrected chi connectivity index (χ4v) is 4.50. The Bertz CT molecular complexity index is 159. The second-order valence-electron chi connectivity index (χ2n) is 5.58. The van der Waals surface area contributed by atoms with Crippen molar-refractivity contribution in [2.24, 2.45) is 5.92 Å². The molecule has 0 bridgehead atoms. The van der Waals surface area contributed by atoms with Crippen molar-refractivity contribution in [3.8, 4) is 0 Å². The Morgan fingerprint density at radius 1 is 1.07 bits per heavy atom. The molecule has 0 aliphatic rings. The molecular weight excluding hydrogens is 203 g/mol. The van der Waals surface area contributed by atoms with E-state index in [1.807, 2.05) is 20.8 Å². The summed E-state index contributed by atoms with van der Waals surface area (Å²) in [5, 5.41) is 2.57. The van der Waals surface area contributed by atoms with Gasteiger partial charge in [-0.25, -0.2) is 9.78 Å². The van der Waals surface area contributed by atoms with Crippen LogP contribution in [0.25, 0.3) is 0 Å². The molecule has 1 unspecified atom stereocenters. The molecule has 0 heterocycles. The third-order valence-corrected chi connectivity index (χ3v) is 6.49. The summed E-state index contributed by atoms with van der Waals surface area (Å²) in [5.74, 6) is 0.559. The Kier molecular flexibility index (Phi) is 7.12. The van der Waals surface area contributed by atoms with Crippen LogP contribution in [0.1, 0.15) is 48.5 Å². The molecule has 0 saturated carbocycles. The smallest absolute Gasteiger partial charge is 0.248 e. The van der Waals surface area contributed by atoms with E-state index < -0.39 is 14.1 Å². The van der Waals surface area contributed by atoms with Crippen LogP contribution in [0.4, 0.5) is 0 Å². The summed E-state index contributed by atoms with van der Waals surface area (Å²) in [5.41, 5.74) is -0.201. The van der Waals surface area contributed by atoms with E-state index >= 15 is 0 Å². The molecule has 0 aromatic heterocycles. The summed E-state index contributed by atoms with van der Waals surface area (Å²) >= 11 is -0.802. The Morgan fingerprint density at radius 3 is 1.80 bits per heavy atom. The molecule has 0 N–H and O–H groups in total. The molecule has 0 radical (unpaired) electrons. The zero-order chi connectivity index (χ0) is 12.1. The van der Waals surface area contributed by atoms with Gasteiger partial charge in [-0.3, -0.25) is 0 Å². The SMILES string of the molecule is C[CH2][Al]([CH2]C)[CH](OOC(C)(C)C)C(C)C. The normalized spacial score (nSPS) is 14.4. The van der Waals surface area contributed by atoms with Gasteiger partial charge in [-0.2, -0.15) is 0 Å². The van der Waals surface area contributed by atoms with Crippen LogP contribution >= 0.6 is 0 Å². The van der Waals surface area contributed by atoms with Gasteiger partial charge >= 0.3 is 14.1 Å². The summed E-state index contributed by atoms with van der Waals surface area (Å²) in [7, 11) is 0. The highest BCUT2D eigenvalue weighted by Gasteiger charge is 2.30. The standard InChI is InChI=1S/C8H17O2.2C2H5.Al/c1-7(2)6-9-10-8(3,4)5;2*1-2;/h6-7H,1-5H3;2*1H2,2H3;. The molecule has 3 heteroatoms. The fraction of sp³-hybridized carbons (Fsp3) is 1.00. The Morgan fingerprint density at radius 2 is 1.53 bits per heavy atom. The molecule has 0 aromatic rings. The van der Waals surface area contributed by atoms with Crippen molar-refractivity contribution in [2.45, 2.75) is 69.6 Å². The van der Waals surface area contributed by atoms with E-state index in [1.54, 1.807) is 0 Å². The van der Waals surface area contributed by atoms with Crippen molar-refractivity contribution in [2.75, 3.05) is 0 Å². The van der Waals surface area contributed by atoms with E-state index in [9.17, 15) is 0 Å². The highest BCUT2D eigenvalue weighted by molar-refractivity contribution is 6.60. The lowest BCUT2D eigenvalue weighted by atomic mass is 10.2. The minimum absolute atomic E-state index is 0.201. The number of hydrogen-bond donors (Lipinski definition) is 0. The van der Waals surface area contributed by atoms with Crippen LogP contribution in [0.2, 0.25) is 10.6 Å². The first-order valence-corrected chi connectivity index (χ1v) is 8.46. The summed E-state index contributed by atoms with van der Waals surface area (Å²) in [6, 6.07) is 0. The van der Waals surface area contributed by atoms with Gasteiger partial charge in [0.05, 0.1) is 5.60 Å². The molecule has 0 aliphatic heterocycles. The molecule has 1 atom stereocenters. The predicted octanol–water partition coefficient (Wildman–Crippen LogP) is 3.83. The van der Waals surface area contributed by atoms with Gasteiger partial charge in [0.25, 0.3) is 0 Å². The first-order valence-electron chi connectivity index (χ1n) is 6.16. The van der Waals surface area contributed by atoms with Crippen LogP contribution < -0.4 is 0 Å². The van der Waals surface area contributed by atoms with Crippen LogP contribution in [0, 0.1) is 5.92 Å². The number of hydrogen-bond acceptors (Lipinski definition) is 2. The largest absolute Gasteiger partial charge is 0.311 e. The Balaban J connectivity index is 4.27. The van der Waals surface area contributed by atoms with E-state index in [2.05, 4.69) is 27.7 Å². The first-order chi connectivity index (χ1) is 6.81. The van der Waals surface area contributed by atoms with E-state index in [0.29, 0.717) is 10.9 Å². The van der Waals surface area contributed by atoms with Crippen molar-refractivity contribution in [3.63, 3.8) is 0 Å². The quantitative estimate of drug-likeness (QED) is 0.392. The van der Waals surface area contributed by atoms with Crippen molar-refractivity contribution in [3.05, 3.63) is 0 Å². The lowest BCUT2D eigenvalue weighted by Crippen LogP contribution is -2.38. The van der Waals surface area contributed by atoms with Crippen molar-refractivity contribution >= 4 is 14.1 Å². The average molecular weight is 230 g/mol. The highest BCUT2D eigenvalue weighted by Crippen LogP contribution is 2.19. The molecule has 0 saturated heterocycles. The molecule has 0 rings (SSSR count). The third kappa shape index (κ3) is 6.58. The minimum atomic E-state index is -0.802. The molecule has 0 spiro atoms. The van der Waals surface area contributed by atoms with Crippen LogP contribution in [0.15, 0.2) is 0 Å². The highest BCUT2D eigenvalue weighted by atomic mass is 27.2. The van der Waals surface area contributed by atoms with Crippen molar-refractivity contribution in [1.82, 2.24) is 0 Å². The summed E-state index contributed by atoms with van der Waals surface area (Å²) in [6.45, 7) is 15.1. The Labute approximate surface area is 99.7 Å². The third-order valence-electron chi connectivity index (χ3n) is 2.58. The Hall–Kier alpha value is 0.452. The van der Waals surface area contributed by atoms with Gasteiger partial charge < -0.3 is 0 Å². The van der Waals surface area contributed by atoms with Gasteiger partial charge in [0.2, 0.25) is 0 Å². The molecule has 0 fully saturated rings. The van der Waals surface area contributed by atoms with Gasteiger partial charge in [0.15, 0.2) is 0 Å². The molecule has 15 heavy (non-hydrogen) atoms. The van der Waals surface area contributed by atoms with Gasteiger partial charge in [-0.05, 0) is 26.7 Å². The van der Waals surface area contributed by atoms with Gasteiger partial charge in [-0.15, -0.1) is 0 Å². The van der Waals surface area contributed by atoms with Crippen LogP contribution in [-0.4, -0.2) is 24.7 Å². The topological polar surface area (TPSA) is 18.5 Å². The zero-order valence-electron chi connectivity index (χ0n) is 11.5. The summed E-state index contributed by atoms with van der Waals surface area (Å²) in [6.07, 6.45) is 0. The maximum absolute atomic E-state index is 5.67. The summed E-state index contributed by atoms with van der Waals surface area (Å²) in [4.78, 5) is 11.5. The fourth-order valence-electron chi connectivity index (χ4n) is 1.69. The lowest BCUT2D eigenvalue weighted by Gasteiger charge is -2.28. The van der Waals surface area contributed by atoms with Crippen LogP contribution in [0.5, 0.6) is 0 Å². The predicted molar refractivity (Wildman–Crippen MR) is 67.3 cm³/mol. The van der Waals surface area contributed by atoms with E-state index in [1.165, 1.54) is 10.6 Å². The molecule has 0 aromatic carbocycles. The van der Waals surface area contributed by atoms with Crippen LogP contribution in [0.3, 0.4) is 0 Å². The lowest BCUT2D eigenvalue weighted by molar-refractivity contribution is -0.364. The number of rotatable bonds is 6. The molecule has 2 nitrogen and oxygen atoms in total. The van der Waals surface area contributed by atoms with Crippen LogP contribution in [-0.2, 0) is 9.78 Å². The average Bonchev–Trinajstić information content (AvgIpc) is 2.09. The first kappa shape index (κ1) is 15.5. The van der Waals surface area contributed by atoms with E-state index in [4.69, 9.17) is 9.78 Å². The van der Waals surface area contributed by atoms with Gasteiger partial charge in [0, 0.05) is 4.97 Å². The van der Waals surface area contributed by atoms with E-state index in [0.717, 1.165) is 0 Å². The minimum Gasteiger partial charge on any atom is -0.248 e.